The summed E-state index contributed by atoms with van der Waals surface area (Å²) < 4.78 is 15.4. The van der Waals surface area contributed by atoms with Crippen molar-refractivity contribution in [1.29, 1.82) is 0 Å². The molecule has 0 atom stereocenters. The molecule has 0 fully saturated rings. The predicted molar refractivity (Wildman–Crippen MR) is 92.7 cm³/mol. The molecule has 138 valence electrons. The van der Waals surface area contributed by atoms with Crippen LogP contribution in [0.3, 0.4) is 0 Å². The highest BCUT2D eigenvalue weighted by Crippen LogP contribution is 2.24. The molecule has 2 rings (SSSR count). The number of pyridine rings is 1. The van der Waals surface area contributed by atoms with Gasteiger partial charge in [-0.25, -0.2) is 4.98 Å². The number of ether oxygens (including phenoxy) is 3. The van der Waals surface area contributed by atoms with E-state index in [9.17, 15) is 9.59 Å². The number of rotatable bonds is 8. The summed E-state index contributed by atoms with van der Waals surface area (Å²) in [4.78, 5) is 29.1. The highest BCUT2D eigenvalue weighted by atomic mass is 16.5. The average Bonchev–Trinajstić information content (AvgIpc) is 2.66. The zero-order chi connectivity index (χ0) is 19.1. The molecule has 0 saturated carbocycles. The number of hydrogen-bond donors (Lipinski definition) is 1. The van der Waals surface area contributed by atoms with Crippen molar-refractivity contribution in [2.24, 2.45) is 0 Å². The number of carbonyl (C=O) groups is 2. The lowest BCUT2D eigenvalue weighted by molar-refractivity contribution is -0.137. The monoisotopic (exact) mass is 360 g/mol. The molecule has 0 aliphatic heterocycles. The quantitative estimate of drug-likeness (QED) is 0.767. The Morgan fingerprint density at radius 1 is 1.04 bits per heavy atom. The largest absolute Gasteiger partial charge is 0.497 e. The third-order valence-electron chi connectivity index (χ3n) is 3.59. The summed E-state index contributed by atoms with van der Waals surface area (Å²) in [5, 5.41) is 9.16. The second-order valence-corrected chi connectivity index (χ2v) is 5.37. The van der Waals surface area contributed by atoms with Gasteiger partial charge in [0.15, 0.2) is 0 Å². The van der Waals surface area contributed by atoms with Crippen LogP contribution in [0.15, 0.2) is 36.5 Å². The van der Waals surface area contributed by atoms with Gasteiger partial charge in [-0.15, -0.1) is 0 Å². The van der Waals surface area contributed by atoms with Crippen LogP contribution in [-0.2, 0) is 11.3 Å². The Hall–Kier alpha value is -3.29. The summed E-state index contributed by atoms with van der Waals surface area (Å²) in [5.74, 6) is -0.107. The smallest absolute Gasteiger partial charge is 0.323 e. The summed E-state index contributed by atoms with van der Waals surface area (Å²) in [5.41, 5.74) is 0.944. The van der Waals surface area contributed by atoms with Gasteiger partial charge in [-0.2, -0.15) is 0 Å². The summed E-state index contributed by atoms with van der Waals surface area (Å²) in [6.45, 7) is -0.380. The Labute approximate surface area is 150 Å². The first-order chi connectivity index (χ1) is 12.5. The van der Waals surface area contributed by atoms with Crippen LogP contribution in [0.2, 0.25) is 0 Å². The number of carboxylic acids is 1. The molecule has 1 amide bonds. The van der Waals surface area contributed by atoms with E-state index in [2.05, 4.69) is 4.98 Å². The molecule has 0 saturated heterocycles. The van der Waals surface area contributed by atoms with Crippen LogP contribution < -0.4 is 14.2 Å². The van der Waals surface area contributed by atoms with Crippen LogP contribution in [0, 0.1) is 0 Å². The first-order valence-electron chi connectivity index (χ1n) is 7.70. The SMILES string of the molecule is COc1cc(CN(CC(=O)O)C(=O)c2ccc(OC)nc2)cc(OC)c1. The Morgan fingerprint density at radius 2 is 1.69 bits per heavy atom. The van der Waals surface area contributed by atoms with Gasteiger partial charge in [0.2, 0.25) is 5.88 Å². The van der Waals surface area contributed by atoms with Crippen molar-refractivity contribution in [3.63, 3.8) is 0 Å². The van der Waals surface area contributed by atoms with Crippen LogP contribution >= 0.6 is 0 Å². The average molecular weight is 360 g/mol. The van der Waals surface area contributed by atoms with Crippen molar-refractivity contribution in [2.75, 3.05) is 27.9 Å². The van der Waals surface area contributed by atoms with Crippen LogP contribution in [0.5, 0.6) is 17.4 Å². The Kier molecular flexibility index (Phi) is 6.37. The van der Waals surface area contributed by atoms with Crippen molar-refractivity contribution in [1.82, 2.24) is 9.88 Å². The van der Waals surface area contributed by atoms with Crippen LogP contribution in [-0.4, -0.2) is 54.7 Å². The number of amides is 1. The van der Waals surface area contributed by atoms with Gasteiger partial charge in [0.25, 0.3) is 5.91 Å². The third kappa shape index (κ3) is 4.85. The lowest BCUT2D eigenvalue weighted by Crippen LogP contribution is -2.35. The van der Waals surface area contributed by atoms with Crippen molar-refractivity contribution in [3.8, 4) is 17.4 Å². The van der Waals surface area contributed by atoms with Crippen molar-refractivity contribution in [3.05, 3.63) is 47.7 Å². The fourth-order valence-electron chi connectivity index (χ4n) is 2.35. The van der Waals surface area contributed by atoms with E-state index >= 15 is 0 Å². The van der Waals surface area contributed by atoms with Crippen molar-refractivity contribution in [2.45, 2.75) is 6.54 Å². The number of methoxy groups -OCH3 is 3. The molecule has 8 nitrogen and oxygen atoms in total. The highest BCUT2D eigenvalue weighted by Gasteiger charge is 2.20. The molecule has 1 aromatic carbocycles. The Balaban J connectivity index is 2.29. The Morgan fingerprint density at radius 3 is 2.15 bits per heavy atom. The highest BCUT2D eigenvalue weighted by molar-refractivity contribution is 5.95. The minimum Gasteiger partial charge on any atom is -0.497 e. The van der Waals surface area contributed by atoms with E-state index in [1.54, 1.807) is 24.3 Å². The van der Waals surface area contributed by atoms with Gasteiger partial charge in [0.1, 0.15) is 18.0 Å². The maximum absolute atomic E-state index is 12.7. The van der Waals surface area contributed by atoms with E-state index in [1.807, 2.05) is 0 Å². The van der Waals surface area contributed by atoms with E-state index in [0.29, 0.717) is 22.9 Å². The molecule has 1 N–H and O–H groups in total. The topological polar surface area (TPSA) is 98.2 Å². The fraction of sp³-hybridized carbons (Fsp3) is 0.278. The molecule has 0 unspecified atom stereocenters. The van der Waals surface area contributed by atoms with Gasteiger partial charge < -0.3 is 24.2 Å². The van der Waals surface area contributed by atoms with Gasteiger partial charge in [0.05, 0.1) is 26.9 Å². The second-order valence-electron chi connectivity index (χ2n) is 5.37. The molecule has 1 aromatic heterocycles. The molecule has 0 aliphatic carbocycles. The van der Waals surface area contributed by atoms with E-state index in [4.69, 9.17) is 19.3 Å². The zero-order valence-electron chi connectivity index (χ0n) is 14.8. The number of nitrogens with zero attached hydrogens (tertiary/aromatic N) is 2. The second kappa shape index (κ2) is 8.70. The van der Waals surface area contributed by atoms with Crippen LogP contribution in [0.1, 0.15) is 15.9 Å². The molecule has 26 heavy (non-hydrogen) atoms. The molecule has 0 aliphatic rings. The molecule has 2 aromatic rings. The van der Waals surface area contributed by atoms with Gasteiger partial charge >= 0.3 is 5.97 Å². The predicted octanol–water partition coefficient (Wildman–Crippen LogP) is 1.83. The molecular formula is C18H20N2O6. The fourth-order valence-corrected chi connectivity index (χ4v) is 2.35. The molecule has 0 spiro atoms. The number of hydrogen-bond acceptors (Lipinski definition) is 6. The molecule has 0 bridgehead atoms. The summed E-state index contributed by atoms with van der Waals surface area (Å²) in [6.07, 6.45) is 1.35. The zero-order valence-corrected chi connectivity index (χ0v) is 14.8. The Bertz CT molecular complexity index is 754. The molecule has 1 heterocycles. The standard InChI is InChI=1S/C18H20N2O6/c1-24-14-6-12(7-15(8-14)25-2)10-20(11-17(21)22)18(23)13-4-5-16(26-3)19-9-13/h4-9H,10-11H2,1-3H3,(H,21,22). The normalized spacial score (nSPS) is 10.1. The third-order valence-corrected chi connectivity index (χ3v) is 3.59. The number of carboxylic acid groups (broad SMARTS) is 1. The number of aliphatic carboxylic acids is 1. The lowest BCUT2D eigenvalue weighted by Gasteiger charge is -2.21. The van der Waals surface area contributed by atoms with Crippen molar-refractivity contribution >= 4 is 11.9 Å². The summed E-state index contributed by atoms with van der Waals surface area (Å²) >= 11 is 0. The molecular weight excluding hydrogens is 340 g/mol. The first kappa shape index (κ1) is 19.0. The minimum absolute atomic E-state index is 0.0741. The van der Waals surface area contributed by atoms with Crippen LogP contribution in [0.25, 0.3) is 0 Å². The van der Waals surface area contributed by atoms with Crippen LogP contribution in [0.4, 0.5) is 0 Å². The lowest BCUT2D eigenvalue weighted by atomic mass is 10.1. The van der Waals surface area contributed by atoms with E-state index in [-0.39, 0.29) is 12.1 Å². The number of benzene rings is 1. The number of carbonyl (C=O) groups excluding carboxylic acids is 1. The first-order valence-corrected chi connectivity index (χ1v) is 7.70. The van der Waals surface area contributed by atoms with Crippen molar-refractivity contribution < 1.29 is 28.9 Å². The minimum atomic E-state index is -1.12. The molecule has 8 heteroatoms. The van der Waals surface area contributed by atoms with Gasteiger partial charge in [0, 0.05) is 24.9 Å². The van der Waals surface area contributed by atoms with Gasteiger partial charge in [-0.3, -0.25) is 9.59 Å². The van der Waals surface area contributed by atoms with E-state index in [1.165, 1.54) is 38.5 Å². The van der Waals surface area contributed by atoms with E-state index < -0.39 is 18.4 Å². The molecule has 0 radical (unpaired) electrons. The summed E-state index contributed by atoms with van der Waals surface area (Å²) in [6, 6.07) is 8.21. The van der Waals surface area contributed by atoms with Gasteiger partial charge in [-0.1, -0.05) is 0 Å². The number of aromatic nitrogens is 1. The maximum Gasteiger partial charge on any atom is 0.323 e. The van der Waals surface area contributed by atoms with Gasteiger partial charge in [-0.05, 0) is 23.8 Å². The summed E-state index contributed by atoms with van der Waals surface area (Å²) in [7, 11) is 4.50. The maximum atomic E-state index is 12.7. The van der Waals surface area contributed by atoms with E-state index in [0.717, 1.165) is 0 Å².